The molecule has 1 atom stereocenters. The second-order valence-corrected chi connectivity index (χ2v) is 7.25. The third-order valence-electron chi connectivity index (χ3n) is 4.05. The summed E-state index contributed by atoms with van der Waals surface area (Å²) < 4.78 is 29.6. The second kappa shape index (κ2) is 8.81. The monoisotopic (exact) mass is 482 g/mol. The zero-order valence-electron chi connectivity index (χ0n) is 14.7. The van der Waals surface area contributed by atoms with Crippen molar-refractivity contribution < 1.29 is 18.7 Å². The molecule has 0 aliphatic carbocycles. The van der Waals surface area contributed by atoms with Gasteiger partial charge < -0.3 is 16.2 Å². The third kappa shape index (κ3) is 4.69. The molecule has 0 aliphatic rings. The van der Waals surface area contributed by atoms with Crippen molar-refractivity contribution in [3.63, 3.8) is 0 Å². The van der Waals surface area contributed by atoms with E-state index in [2.05, 4.69) is 31.2 Å². The van der Waals surface area contributed by atoms with E-state index in [1.54, 1.807) is 18.2 Å². The summed E-state index contributed by atoms with van der Waals surface area (Å²) in [7, 11) is 0. The van der Waals surface area contributed by atoms with E-state index in [1.807, 2.05) is 0 Å². The van der Waals surface area contributed by atoms with Crippen LogP contribution < -0.4 is 11.1 Å². The van der Waals surface area contributed by atoms with Gasteiger partial charge in [-0.3, -0.25) is 4.79 Å². The lowest BCUT2D eigenvalue weighted by molar-refractivity contribution is 0.0907. The lowest BCUT2D eigenvalue weighted by Gasteiger charge is -2.18. The van der Waals surface area contributed by atoms with Gasteiger partial charge in [-0.05, 0) is 45.8 Å². The molecule has 0 spiro atoms. The summed E-state index contributed by atoms with van der Waals surface area (Å²) in [6.07, 6.45) is 1.35. The Labute approximate surface area is 177 Å². The molecule has 1 aromatic heterocycles. The number of hydrogen-bond acceptors (Lipinski definition) is 5. The van der Waals surface area contributed by atoms with Gasteiger partial charge in [-0.1, -0.05) is 23.7 Å². The molecule has 0 aliphatic heterocycles. The van der Waals surface area contributed by atoms with Gasteiger partial charge in [0.2, 0.25) is 0 Å². The van der Waals surface area contributed by atoms with Gasteiger partial charge in [0, 0.05) is 10.6 Å². The number of halogens is 4. The molecule has 0 radical (unpaired) electrons. The zero-order chi connectivity index (χ0) is 21.1. The minimum atomic E-state index is -1.11. The van der Waals surface area contributed by atoms with Crippen LogP contribution in [-0.2, 0) is 0 Å². The fourth-order valence-electron chi connectivity index (χ4n) is 2.70. The molecule has 0 bridgehead atoms. The molecule has 29 heavy (non-hydrogen) atoms. The van der Waals surface area contributed by atoms with E-state index >= 15 is 0 Å². The average molecular weight is 484 g/mol. The van der Waals surface area contributed by atoms with Gasteiger partial charge in [-0.15, -0.1) is 0 Å². The number of aromatic nitrogens is 2. The van der Waals surface area contributed by atoms with Crippen molar-refractivity contribution >= 4 is 39.3 Å². The number of nitrogens with one attached hydrogen (secondary N) is 1. The van der Waals surface area contributed by atoms with Gasteiger partial charge in [0.15, 0.2) is 0 Å². The largest absolute Gasteiger partial charge is 0.394 e. The highest BCUT2D eigenvalue weighted by atomic mass is 79.9. The minimum absolute atomic E-state index is 0.0227. The molecule has 6 nitrogen and oxygen atoms in total. The first-order chi connectivity index (χ1) is 13.8. The quantitative estimate of drug-likeness (QED) is 0.511. The maximum atomic E-state index is 14.6. The van der Waals surface area contributed by atoms with Crippen molar-refractivity contribution in [3.05, 3.63) is 75.0 Å². The van der Waals surface area contributed by atoms with E-state index < -0.39 is 35.8 Å². The number of carbonyl (C=O) groups excluding carboxylic acids is 1. The van der Waals surface area contributed by atoms with Crippen molar-refractivity contribution in [2.24, 2.45) is 0 Å². The Kier molecular flexibility index (Phi) is 6.41. The van der Waals surface area contributed by atoms with Crippen LogP contribution in [-0.4, -0.2) is 27.6 Å². The predicted molar refractivity (Wildman–Crippen MR) is 108 cm³/mol. The van der Waals surface area contributed by atoms with E-state index in [4.69, 9.17) is 17.3 Å². The number of anilines is 1. The Morgan fingerprint density at radius 2 is 1.97 bits per heavy atom. The number of rotatable bonds is 5. The summed E-state index contributed by atoms with van der Waals surface area (Å²) in [5.41, 5.74) is 5.51. The van der Waals surface area contributed by atoms with Gasteiger partial charge in [0.05, 0.1) is 18.8 Å². The summed E-state index contributed by atoms with van der Waals surface area (Å²) in [4.78, 5) is 20.4. The number of nitrogen functional groups attached to an aromatic ring is 1. The van der Waals surface area contributed by atoms with Crippen LogP contribution >= 0.6 is 27.5 Å². The predicted octanol–water partition coefficient (Wildman–Crippen LogP) is 3.88. The summed E-state index contributed by atoms with van der Waals surface area (Å²) >= 11 is 9.03. The SMILES string of the molecule is Nc1ncc(Br)nc1-c1cc(F)c(C(=O)N[C@H](CO)c2cccc(Cl)c2)c(F)c1. The van der Waals surface area contributed by atoms with E-state index in [9.17, 15) is 18.7 Å². The van der Waals surface area contributed by atoms with Crippen LogP contribution in [0.2, 0.25) is 5.02 Å². The molecule has 2 aromatic carbocycles. The van der Waals surface area contributed by atoms with Crippen molar-refractivity contribution in [2.45, 2.75) is 6.04 Å². The standard InChI is InChI=1S/C19H14BrClF2N4O2/c20-15-7-25-18(24)17(27-15)10-5-12(22)16(13(23)6-10)19(29)26-14(8-28)9-2-1-3-11(21)4-9/h1-7,14,28H,8H2,(H2,24,25)(H,26,29)/t14-/m1/s1. The Hall–Kier alpha value is -2.62. The van der Waals surface area contributed by atoms with Gasteiger partial charge in [-0.25, -0.2) is 18.7 Å². The summed E-state index contributed by atoms with van der Waals surface area (Å²) in [5, 5.41) is 12.4. The molecule has 3 rings (SSSR count). The Morgan fingerprint density at radius 3 is 2.59 bits per heavy atom. The zero-order valence-corrected chi connectivity index (χ0v) is 17.0. The van der Waals surface area contributed by atoms with Crippen molar-refractivity contribution in [1.82, 2.24) is 15.3 Å². The number of aliphatic hydroxyl groups is 1. The molecule has 3 aromatic rings. The lowest BCUT2D eigenvalue weighted by Crippen LogP contribution is -2.32. The van der Waals surface area contributed by atoms with Crippen molar-refractivity contribution in [3.8, 4) is 11.3 Å². The van der Waals surface area contributed by atoms with Crippen LogP contribution in [0.1, 0.15) is 22.0 Å². The Balaban J connectivity index is 1.92. The molecule has 0 fully saturated rings. The Bertz CT molecular complexity index is 1060. The van der Waals surface area contributed by atoms with Gasteiger partial charge in [-0.2, -0.15) is 0 Å². The Morgan fingerprint density at radius 1 is 1.28 bits per heavy atom. The van der Waals surface area contributed by atoms with E-state index in [0.717, 1.165) is 12.1 Å². The highest BCUT2D eigenvalue weighted by molar-refractivity contribution is 9.10. The van der Waals surface area contributed by atoms with E-state index in [-0.39, 0.29) is 17.1 Å². The molecule has 0 saturated heterocycles. The molecular weight excluding hydrogens is 470 g/mol. The van der Waals surface area contributed by atoms with Crippen LogP contribution in [0.5, 0.6) is 0 Å². The second-order valence-electron chi connectivity index (χ2n) is 6.01. The first kappa shape index (κ1) is 21.1. The molecule has 1 amide bonds. The number of benzene rings is 2. The van der Waals surface area contributed by atoms with Crippen LogP contribution in [0.4, 0.5) is 14.6 Å². The molecule has 150 valence electrons. The lowest BCUT2D eigenvalue weighted by atomic mass is 10.0. The summed E-state index contributed by atoms with van der Waals surface area (Å²) in [5.74, 6) is -3.27. The third-order valence-corrected chi connectivity index (χ3v) is 4.67. The summed E-state index contributed by atoms with van der Waals surface area (Å²) in [6, 6.07) is 7.40. The molecule has 10 heteroatoms. The maximum absolute atomic E-state index is 14.6. The molecule has 0 saturated carbocycles. The fraction of sp³-hybridized carbons (Fsp3) is 0.105. The van der Waals surface area contributed by atoms with Crippen molar-refractivity contribution in [1.29, 1.82) is 0 Å². The smallest absolute Gasteiger partial charge is 0.257 e. The average Bonchev–Trinajstić information content (AvgIpc) is 2.67. The molecule has 0 unspecified atom stereocenters. The van der Waals surface area contributed by atoms with Gasteiger partial charge in [0.1, 0.15) is 33.3 Å². The first-order valence-electron chi connectivity index (χ1n) is 8.24. The highest BCUT2D eigenvalue weighted by Gasteiger charge is 2.23. The minimum Gasteiger partial charge on any atom is -0.394 e. The van der Waals surface area contributed by atoms with E-state index in [0.29, 0.717) is 15.2 Å². The number of carbonyl (C=O) groups is 1. The molecular formula is C19H14BrClF2N4O2. The highest BCUT2D eigenvalue weighted by Crippen LogP contribution is 2.28. The fourth-order valence-corrected chi connectivity index (χ4v) is 3.18. The van der Waals surface area contributed by atoms with Crippen molar-refractivity contribution in [2.75, 3.05) is 12.3 Å². The maximum Gasteiger partial charge on any atom is 0.257 e. The van der Waals surface area contributed by atoms with E-state index in [1.165, 1.54) is 12.3 Å². The normalized spacial score (nSPS) is 11.9. The number of aliphatic hydroxyl groups excluding tert-OH is 1. The van der Waals surface area contributed by atoms with Crippen LogP contribution in [0.15, 0.2) is 47.2 Å². The number of amides is 1. The number of nitrogens with zero attached hydrogens (tertiary/aromatic N) is 2. The van der Waals surface area contributed by atoms with Crippen LogP contribution in [0.25, 0.3) is 11.3 Å². The topological polar surface area (TPSA) is 101 Å². The first-order valence-corrected chi connectivity index (χ1v) is 9.42. The summed E-state index contributed by atoms with van der Waals surface area (Å²) in [6.45, 7) is -0.489. The number of nitrogens with two attached hydrogens (primary N) is 1. The molecule has 4 N–H and O–H groups in total. The van der Waals surface area contributed by atoms with Crippen LogP contribution in [0.3, 0.4) is 0 Å². The van der Waals surface area contributed by atoms with Gasteiger partial charge >= 0.3 is 0 Å². The number of hydrogen-bond donors (Lipinski definition) is 3. The van der Waals surface area contributed by atoms with Gasteiger partial charge in [0.25, 0.3) is 5.91 Å². The molecule has 1 heterocycles. The van der Waals surface area contributed by atoms with Crippen LogP contribution in [0, 0.1) is 11.6 Å².